The van der Waals surface area contributed by atoms with Gasteiger partial charge in [0.2, 0.25) is 15.7 Å². The third-order valence-corrected chi connectivity index (χ3v) is 7.01. The van der Waals surface area contributed by atoms with Crippen molar-refractivity contribution in [3.05, 3.63) is 45.3 Å². The number of benzene rings is 1. The zero-order chi connectivity index (χ0) is 24.2. The highest BCUT2D eigenvalue weighted by molar-refractivity contribution is 14.1. The molecule has 0 radical (unpaired) electrons. The van der Waals surface area contributed by atoms with E-state index in [4.69, 9.17) is 9.52 Å². The summed E-state index contributed by atoms with van der Waals surface area (Å²) < 4.78 is 47.0. The number of halogens is 2. The Hall–Kier alpha value is -2.29. The van der Waals surface area contributed by atoms with Gasteiger partial charge in [-0.25, -0.2) is 12.8 Å². The van der Waals surface area contributed by atoms with Gasteiger partial charge in [0, 0.05) is 12.6 Å². The summed E-state index contributed by atoms with van der Waals surface area (Å²) in [5.41, 5.74) is 0.730. The average molecular weight is 591 g/mol. The number of unbranched alkanes of at least 4 members (excludes halogenated alkanes) is 1. The van der Waals surface area contributed by atoms with Crippen molar-refractivity contribution in [1.82, 2.24) is 10.3 Å². The molecule has 3 aromatic rings. The lowest BCUT2D eigenvalue weighted by Gasteiger charge is -2.10. The molecule has 0 spiro atoms. The van der Waals surface area contributed by atoms with Gasteiger partial charge in [-0.15, -0.1) is 0 Å². The Labute approximate surface area is 203 Å². The minimum absolute atomic E-state index is 0.0529. The number of sulfonamides is 1. The first-order valence-electron chi connectivity index (χ1n) is 10.1. The molecule has 1 aromatic carbocycles. The van der Waals surface area contributed by atoms with Crippen molar-refractivity contribution in [1.29, 1.82) is 0 Å². The number of anilines is 1. The molecule has 4 N–H and O–H groups in total. The number of nitrogens with zero attached hydrogens (tertiary/aromatic N) is 1. The summed E-state index contributed by atoms with van der Waals surface area (Å²) in [7, 11) is -2.27. The van der Waals surface area contributed by atoms with Crippen LogP contribution in [0.15, 0.2) is 34.7 Å². The summed E-state index contributed by atoms with van der Waals surface area (Å²) in [4.78, 5) is 16.8. The van der Waals surface area contributed by atoms with E-state index in [0.29, 0.717) is 33.8 Å². The lowest BCUT2D eigenvalue weighted by Crippen LogP contribution is -2.19. The van der Waals surface area contributed by atoms with E-state index in [-0.39, 0.29) is 35.2 Å². The molecule has 0 saturated carbocycles. The van der Waals surface area contributed by atoms with Crippen molar-refractivity contribution in [2.24, 2.45) is 0 Å². The van der Waals surface area contributed by atoms with Crippen LogP contribution in [0.1, 0.15) is 29.6 Å². The predicted molar refractivity (Wildman–Crippen MR) is 130 cm³/mol. The Bertz CT molecular complexity index is 1250. The van der Waals surface area contributed by atoms with Crippen LogP contribution in [0.4, 0.5) is 10.2 Å². The van der Waals surface area contributed by atoms with Crippen molar-refractivity contribution in [2.75, 3.05) is 24.1 Å². The fourth-order valence-electron chi connectivity index (χ4n) is 3.19. The standard InChI is InChI=1S/C21H23FIN3O6S/c1-24-20(29)17-15-10-16(23)19(26-33(30,31)9-3-2-4-14(28)11-27)25-21(15)32-18(17)12-5-7-13(22)8-6-12/h5-8,10,14,27-28H,2-4,9,11H2,1H3,(H,24,29)(H,25,26). The topological polar surface area (TPSA) is 142 Å². The lowest BCUT2D eigenvalue weighted by molar-refractivity contribution is 0.0865. The minimum atomic E-state index is -3.74. The number of furan rings is 1. The Balaban J connectivity index is 1.92. The van der Waals surface area contributed by atoms with E-state index in [1.165, 1.54) is 31.3 Å². The second-order valence-corrected chi connectivity index (χ2v) is 10.3. The number of pyridine rings is 1. The number of nitrogens with one attached hydrogen (secondary N) is 2. The van der Waals surface area contributed by atoms with Crippen LogP contribution in [0.5, 0.6) is 0 Å². The highest BCUT2D eigenvalue weighted by Gasteiger charge is 2.24. The number of aliphatic hydroxyl groups is 2. The smallest absolute Gasteiger partial charge is 0.255 e. The van der Waals surface area contributed by atoms with Crippen molar-refractivity contribution < 1.29 is 32.2 Å². The Morgan fingerprint density at radius 2 is 1.97 bits per heavy atom. The van der Waals surface area contributed by atoms with Crippen LogP contribution in [0.3, 0.4) is 0 Å². The van der Waals surface area contributed by atoms with Crippen LogP contribution in [0, 0.1) is 9.39 Å². The maximum Gasteiger partial charge on any atom is 0.255 e. The van der Waals surface area contributed by atoms with E-state index in [0.717, 1.165) is 0 Å². The largest absolute Gasteiger partial charge is 0.437 e. The molecular weight excluding hydrogens is 568 g/mol. The molecule has 0 aliphatic rings. The van der Waals surface area contributed by atoms with Crippen molar-refractivity contribution in [3.8, 4) is 11.3 Å². The fourth-order valence-corrected chi connectivity index (χ4v) is 5.07. The summed E-state index contributed by atoms with van der Waals surface area (Å²) in [5.74, 6) is -0.809. The molecular formula is C21H23FIN3O6S. The van der Waals surface area contributed by atoms with Gasteiger partial charge in [0.05, 0.1) is 33.0 Å². The highest BCUT2D eigenvalue weighted by Crippen LogP contribution is 2.35. The molecule has 33 heavy (non-hydrogen) atoms. The number of rotatable bonds is 10. The first kappa shape index (κ1) is 25.3. The average Bonchev–Trinajstić information content (AvgIpc) is 3.14. The van der Waals surface area contributed by atoms with Crippen LogP contribution in [0.2, 0.25) is 0 Å². The van der Waals surface area contributed by atoms with E-state index >= 15 is 0 Å². The lowest BCUT2D eigenvalue weighted by atomic mass is 10.1. The number of hydrogen-bond donors (Lipinski definition) is 4. The zero-order valence-electron chi connectivity index (χ0n) is 17.6. The van der Waals surface area contributed by atoms with E-state index in [1.54, 1.807) is 6.07 Å². The molecule has 1 atom stereocenters. The van der Waals surface area contributed by atoms with Gasteiger partial charge in [0.25, 0.3) is 5.91 Å². The molecule has 0 saturated heterocycles. The third-order valence-electron chi connectivity index (χ3n) is 4.86. The Morgan fingerprint density at radius 3 is 2.61 bits per heavy atom. The SMILES string of the molecule is CNC(=O)c1c(-c2ccc(F)cc2)oc2nc(NS(=O)(=O)CCCCC(O)CO)c(I)cc12. The molecule has 2 aromatic heterocycles. The quantitative estimate of drug-likeness (QED) is 0.210. The number of fused-ring (bicyclic) bond motifs is 1. The molecule has 1 amide bonds. The summed E-state index contributed by atoms with van der Waals surface area (Å²) in [5, 5.41) is 21.1. The van der Waals surface area contributed by atoms with Gasteiger partial charge < -0.3 is 19.9 Å². The summed E-state index contributed by atoms with van der Waals surface area (Å²) >= 11 is 1.91. The maximum atomic E-state index is 13.4. The van der Waals surface area contributed by atoms with Gasteiger partial charge in [-0.2, -0.15) is 4.98 Å². The number of carbonyl (C=O) groups is 1. The van der Waals surface area contributed by atoms with Crippen LogP contribution in [-0.2, 0) is 10.0 Å². The minimum Gasteiger partial charge on any atom is -0.437 e. The van der Waals surface area contributed by atoms with Gasteiger partial charge in [0.1, 0.15) is 11.6 Å². The van der Waals surface area contributed by atoms with Crippen molar-refractivity contribution >= 4 is 55.4 Å². The number of aromatic nitrogens is 1. The molecule has 2 heterocycles. The molecule has 9 nitrogen and oxygen atoms in total. The van der Waals surface area contributed by atoms with Gasteiger partial charge in [-0.05, 0) is 72.2 Å². The van der Waals surface area contributed by atoms with Gasteiger partial charge in [-0.1, -0.05) is 0 Å². The second-order valence-electron chi connectivity index (χ2n) is 7.32. The first-order valence-corrected chi connectivity index (χ1v) is 12.8. The maximum absolute atomic E-state index is 13.4. The van der Waals surface area contributed by atoms with Gasteiger partial charge in [-0.3, -0.25) is 9.52 Å². The monoisotopic (exact) mass is 591 g/mol. The number of hydrogen-bond acceptors (Lipinski definition) is 7. The summed E-state index contributed by atoms with van der Waals surface area (Å²) in [6.45, 7) is -0.367. The van der Waals surface area contributed by atoms with Crippen LogP contribution in [-0.4, -0.2) is 55.0 Å². The van der Waals surface area contributed by atoms with E-state index in [9.17, 15) is 22.7 Å². The number of amides is 1. The molecule has 12 heteroatoms. The van der Waals surface area contributed by atoms with Gasteiger partial charge >= 0.3 is 0 Å². The first-order chi connectivity index (χ1) is 15.6. The molecule has 0 aliphatic carbocycles. The molecule has 0 bridgehead atoms. The highest BCUT2D eigenvalue weighted by atomic mass is 127. The summed E-state index contributed by atoms with van der Waals surface area (Å²) in [6, 6.07) is 7.03. The zero-order valence-corrected chi connectivity index (χ0v) is 20.6. The molecule has 3 rings (SSSR count). The van der Waals surface area contributed by atoms with Crippen LogP contribution in [0.25, 0.3) is 22.4 Å². The van der Waals surface area contributed by atoms with Gasteiger partial charge in [0.15, 0.2) is 5.82 Å². The molecule has 0 aliphatic heterocycles. The van der Waals surface area contributed by atoms with Crippen LogP contribution >= 0.6 is 22.6 Å². The Kier molecular flexibility index (Phi) is 8.26. The normalized spacial score (nSPS) is 12.6. The Morgan fingerprint density at radius 1 is 1.27 bits per heavy atom. The molecule has 1 unspecified atom stereocenters. The van der Waals surface area contributed by atoms with Crippen molar-refractivity contribution in [3.63, 3.8) is 0 Å². The molecule has 0 fully saturated rings. The van der Waals surface area contributed by atoms with Crippen LogP contribution < -0.4 is 10.0 Å². The number of aliphatic hydroxyl groups excluding tert-OH is 2. The van der Waals surface area contributed by atoms with Crippen molar-refractivity contribution in [2.45, 2.75) is 25.4 Å². The van der Waals surface area contributed by atoms with E-state index < -0.39 is 27.9 Å². The number of carbonyl (C=O) groups excluding carboxylic acids is 1. The third kappa shape index (κ3) is 6.19. The molecule has 178 valence electrons. The fraction of sp³-hybridized carbons (Fsp3) is 0.333. The van der Waals surface area contributed by atoms with E-state index in [1.807, 2.05) is 22.6 Å². The predicted octanol–water partition coefficient (Wildman–Crippen LogP) is 2.86. The van der Waals surface area contributed by atoms with E-state index in [2.05, 4.69) is 15.0 Å². The summed E-state index contributed by atoms with van der Waals surface area (Å²) in [6.07, 6.45) is 0.159. The second kappa shape index (κ2) is 10.8.